The molecule has 1 amide bonds. The molecule has 0 aromatic carbocycles. The standard InChI is InChI=1S/C16H17NO5S2/c1-2-20-16(19)14-13(21-9-22-14)15(18)17-12(10-5-3-7-23-10)11-6-4-8-24-11/h3-8,12-14H,2,9H2,1H3,(H,17,18)/t13-,14-/m1/s1. The molecule has 2 aromatic rings. The molecule has 1 aliphatic heterocycles. The number of carbonyl (C=O) groups is 2. The normalized spacial score (nSPS) is 20.2. The third-order valence-corrected chi connectivity index (χ3v) is 5.36. The molecule has 8 heteroatoms. The topological polar surface area (TPSA) is 73.9 Å². The Morgan fingerprint density at radius 1 is 1.21 bits per heavy atom. The Balaban J connectivity index is 1.75. The summed E-state index contributed by atoms with van der Waals surface area (Å²) in [6.07, 6.45) is -2.04. The summed E-state index contributed by atoms with van der Waals surface area (Å²) in [6.45, 7) is 1.82. The molecule has 1 aliphatic rings. The number of hydrogen-bond acceptors (Lipinski definition) is 7. The van der Waals surface area contributed by atoms with Crippen molar-refractivity contribution in [3.63, 3.8) is 0 Å². The molecular weight excluding hydrogens is 350 g/mol. The average Bonchev–Trinajstić information content (AvgIpc) is 3.35. The summed E-state index contributed by atoms with van der Waals surface area (Å²) in [4.78, 5) is 26.6. The van der Waals surface area contributed by atoms with E-state index in [0.29, 0.717) is 0 Å². The second kappa shape index (κ2) is 7.89. The van der Waals surface area contributed by atoms with Crippen molar-refractivity contribution in [2.24, 2.45) is 0 Å². The highest BCUT2D eigenvalue weighted by Crippen LogP contribution is 2.29. The van der Waals surface area contributed by atoms with Crippen LogP contribution < -0.4 is 5.32 Å². The van der Waals surface area contributed by atoms with Crippen LogP contribution in [0.15, 0.2) is 35.0 Å². The van der Waals surface area contributed by atoms with Gasteiger partial charge in [-0.3, -0.25) is 4.79 Å². The van der Waals surface area contributed by atoms with Crippen molar-refractivity contribution >= 4 is 34.6 Å². The lowest BCUT2D eigenvalue weighted by Crippen LogP contribution is -2.45. The van der Waals surface area contributed by atoms with Crippen molar-refractivity contribution in [3.8, 4) is 0 Å². The SMILES string of the molecule is CCOC(=O)[C@@H]1OCO[C@H]1C(=O)NC(c1cccs1)c1cccs1. The third-order valence-electron chi connectivity index (χ3n) is 3.49. The quantitative estimate of drug-likeness (QED) is 0.793. The fourth-order valence-corrected chi connectivity index (χ4v) is 4.07. The number of nitrogens with one attached hydrogen (secondary N) is 1. The largest absolute Gasteiger partial charge is 0.464 e. The van der Waals surface area contributed by atoms with Crippen molar-refractivity contribution < 1.29 is 23.8 Å². The van der Waals surface area contributed by atoms with E-state index in [2.05, 4.69) is 5.32 Å². The second-order valence-corrected chi connectivity index (χ2v) is 6.98. The van der Waals surface area contributed by atoms with Crippen LogP contribution in [-0.2, 0) is 23.8 Å². The lowest BCUT2D eigenvalue weighted by molar-refractivity contribution is -0.156. The zero-order valence-electron chi connectivity index (χ0n) is 13.0. The Hall–Kier alpha value is -1.74. The van der Waals surface area contributed by atoms with Gasteiger partial charge < -0.3 is 19.5 Å². The van der Waals surface area contributed by atoms with Gasteiger partial charge in [0.05, 0.1) is 12.6 Å². The summed E-state index contributed by atoms with van der Waals surface area (Å²) in [5.74, 6) is -0.976. The van der Waals surface area contributed by atoms with E-state index >= 15 is 0 Å². The summed E-state index contributed by atoms with van der Waals surface area (Å²) < 4.78 is 15.4. The monoisotopic (exact) mass is 367 g/mol. The Labute approximate surface area is 147 Å². The summed E-state index contributed by atoms with van der Waals surface area (Å²) in [6, 6.07) is 7.52. The van der Waals surface area contributed by atoms with Crippen molar-refractivity contribution in [1.29, 1.82) is 0 Å². The molecule has 0 aliphatic carbocycles. The van der Waals surface area contributed by atoms with E-state index in [1.165, 1.54) is 0 Å². The first kappa shape index (κ1) is 17.1. The summed E-state index contributed by atoms with van der Waals surface area (Å²) >= 11 is 3.11. The lowest BCUT2D eigenvalue weighted by atomic mass is 10.1. The molecule has 0 spiro atoms. The zero-order chi connectivity index (χ0) is 16.9. The van der Waals surface area contributed by atoms with Crippen molar-refractivity contribution in [1.82, 2.24) is 5.32 Å². The molecule has 1 saturated heterocycles. The van der Waals surface area contributed by atoms with E-state index in [-0.39, 0.29) is 19.4 Å². The van der Waals surface area contributed by atoms with Gasteiger partial charge in [-0.2, -0.15) is 0 Å². The third kappa shape index (κ3) is 3.67. The first-order valence-electron chi connectivity index (χ1n) is 7.47. The maximum atomic E-state index is 12.7. The molecule has 3 heterocycles. The lowest BCUT2D eigenvalue weighted by Gasteiger charge is -2.20. The number of carbonyl (C=O) groups excluding carboxylic acids is 2. The minimum atomic E-state index is -1.03. The predicted octanol–water partition coefficient (Wildman–Crippen LogP) is 2.32. The number of ether oxygens (including phenoxy) is 3. The van der Waals surface area contributed by atoms with E-state index in [4.69, 9.17) is 14.2 Å². The molecule has 0 radical (unpaired) electrons. The van der Waals surface area contributed by atoms with Crippen molar-refractivity contribution in [3.05, 3.63) is 44.8 Å². The number of amides is 1. The number of thiophene rings is 2. The number of esters is 1. The molecular formula is C16H17NO5S2. The van der Waals surface area contributed by atoms with Crippen LogP contribution in [0.4, 0.5) is 0 Å². The van der Waals surface area contributed by atoms with E-state index in [9.17, 15) is 9.59 Å². The predicted molar refractivity (Wildman–Crippen MR) is 89.9 cm³/mol. The van der Waals surface area contributed by atoms with Gasteiger partial charge in [-0.1, -0.05) is 12.1 Å². The molecule has 6 nitrogen and oxygen atoms in total. The van der Waals surface area contributed by atoms with E-state index in [1.807, 2.05) is 35.0 Å². The highest BCUT2D eigenvalue weighted by Gasteiger charge is 2.42. The second-order valence-electron chi connectivity index (χ2n) is 5.02. The Bertz CT molecular complexity index is 636. The van der Waals surface area contributed by atoms with Crippen molar-refractivity contribution in [2.75, 3.05) is 13.4 Å². The van der Waals surface area contributed by atoms with Crippen LogP contribution in [-0.4, -0.2) is 37.5 Å². The Kier molecular flexibility index (Phi) is 5.62. The summed E-state index contributed by atoms with van der Waals surface area (Å²) in [5, 5.41) is 6.87. The van der Waals surface area contributed by atoms with Gasteiger partial charge in [-0.05, 0) is 29.8 Å². The maximum Gasteiger partial charge on any atom is 0.338 e. The summed E-state index contributed by atoms with van der Waals surface area (Å²) in [7, 11) is 0. The molecule has 2 atom stereocenters. The van der Waals surface area contributed by atoms with Gasteiger partial charge in [0.25, 0.3) is 5.91 Å². The molecule has 0 bridgehead atoms. The van der Waals surface area contributed by atoms with E-state index in [0.717, 1.165) is 9.75 Å². The van der Waals surface area contributed by atoms with E-state index < -0.39 is 24.1 Å². The fourth-order valence-electron chi connectivity index (χ4n) is 2.41. The first-order valence-corrected chi connectivity index (χ1v) is 9.23. The van der Waals surface area contributed by atoms with Crippen LogP contribution in [0.3, 0.4) is 0 Å². The Morgan fingerprint density at radius 3 is 2.38 bits per heavy atom. The van der Waals surface area contributed by atoms with Crippen LogP contribution >= 0.6 is 22.7 Å². The molecule has 1 fully saturated rings. The van der Waals surface area contributed by atoms with Gasteiger partial charge in [0.2, 0.25) is 0 Å². The minimum absolute atomic E-state index is 0.107. The fraction of sp³-hybridized carbons (Fsp3) is 0.375. The molecule has 128 valence electrons. The molecule has 1 N–H and O–H groups in total. The molecule has 0 unspecified atom stereocenters. The molecule has 2 aromatic heterocycles. The molecule has 24 heavy (non-hydrogen) atoms. The van der Waals surface area contributed by atoms with Crippen LogP contribution in [0.25, 0.3) is 0 Å². The first-order chi connectivity index (χ1) is 11.7. The zero-order valence-corrected chi connectivity index (χ0v) is 14.6. The van der Waals surface area contributed by atoms with Gasteiger partial charge >= 0.3 is 5.97 Å². The molecule has 0 saturated carbocycles. The van der Waals surface area contributed by atoms with Crippen LogP contribution in [0, 0.1) is 0 Å². The highest BCUT2D eigenvalue weighted by atomic mass is 32.1. The van der Waals surface area contributed by atoms with Gasteiger partial charge in [0, 0.05) is 9.75 Å². The number of hydrogen-bond donors (Lipinski definition) is 1. The van der Waals surface area contributed by atoms with Gasteiger partial charge in [0.15, 0.2) is 12.2 Å². The van der Waals surface area contributed by atoms with Gasteiger partial charge in [-0.25, -0.2) is 4.79 Å². The smallest absolute Gasteiger partial charge is 0.338 e. The highest BCUT2D eigenvalue weighted by molar-refractivity contribution is 7.11. The summed E-state index contributed by atoms with van der Waals surface area (Å²) in [5.41, 5.74) is 0. The number of rotatable bonds is 6. The van der Waals surface area contributed by atoms with Gasteiger partial charge in [-0.15, -0.1) is 22.7 Å². The average molecular weight is 367 g/mol. The van der Waals surface area contributed by atoms with Crippen molar-refractivity contribution in [2.45, 2.75) is 25.2 Å². The van der Waals surface area contributed by atoms with Crippen LogP contribution in [0.2, 0.25) is 0 Å². The van der Waals surface area contributed by atoms with Gasteiger partial charge in [0.1, 0.15) is 6.79 Å². The Morgan fingerprint density at radius 2 is 1.83 bits per heavy atom. The minimum Gasteiger partial charge on any atom is -0.464 e. The van der Waals surface area contributed by atoms with Crippen LogP contribution in [0.5, 0.6) is 0 Å². The van der Waals surface area contributed by atoms with Crippen LogP contribution in [0.1, 0.15) is 22.7 Å². The maximum absolute atomic E-state index is 12.7. The van der Waals surface area contributed by atoms with E-state index in [1.54, 1.807) is 29.6 Å². The molecule has 3 rings (SSSR count).